The third-order valence-electron chi connectivity index (χ3n) is 7.45. The lowest BCUT2D eigenvalue weighted by molar-refractivity contribution is -0.121. The van der Waals surface area contributed by atoms with Gasteiger partial charge in [0.1, 0.15) is 5.75 Å². The zero-order chi connectivity index (χ0) is 24.6. The van der Waals surface area contributed by atoms with Gasteiger partial charge in [0.2, 0.25) is 5.91 Å². The summed E-state index contributed by atoms with van der Waals surface area (Å²) >= 11 is 0. The van der Waals surface area contributed by atoms with Crippen LogP contribution in [0.1, 0.15) is 64.0 Å². The van der Waals surface area contributed by atoms with Gasteiger partial charge in [-0.2, -0.15) is 0 Å². The number of hydrogen-bond acceptors (Lipinski definition) is 5. The van der Waals surface area contributed by atoms with E-state index in [0.29, 0.717) is 6.42 Å². The van der Waals surface area contributed by atoms with Crippen LogP contribution in [-0.2, 0) is 9.59 Å². The first-order valence-corrected chi connectivity index (χ1v) is 12.7. The van der Waals surface area contributed by atoms with E-state index in [-0.39, 0.29) is 29.7 Å². The van der Waals surface area contributed by atoms with Crippen molar-refractivity contribution in [3.63, 3.8) is 0 Å². The van der Waals surface area contributed by atoms with Gasteiger partial charge in [0.25, 0.3) is 0 Å². The Labute approximate surface area is 207 Å². The number of anilines is 2. The summed E-state index contributed by atoms with van der Waals surface area (Å²) < 4.78 is 5.53. The van der Waals surface area contributed by atoms with E-state index in [4.69, 9.17) is 4.74 Å². The van der Waals surface area contributed by atoms with Crippen LogP contribution in [0.2, 0.25) is 0 Å². The van der Waals surface area contributed by atoms with Crippen molar-refractivity contribution in [1.29, 1.82) is 0 Å². The highest BCUT2D eigenvalue weighted by molar-refractivity contribution is 6.02. The van der Waals surface area contributed by atoms with Crippen LogP contribution in [-0.4, -0.2) is 31.4 Å². The molecule has 1 saturated carbocycles. The Morgan fingerprint density at radius 3 is 2.66 bits per heavy atom. The number of Topliss-reactive ketones (excluding diaryl/α,β-unsaturated/α-hetero) is 1. The molecule has 1 amide bonds. The molecule has 0 saturated heterocycles. The number of allylic oxidation sites excluding steroid dienone is 1. The number of benzene rings is 2. The molecule has 6 heteroatoms. The average Bonchev–Trinajstić information content (AvgIpc) is 3.28. The summed E-state index contributed by atoms with van der Waals surface area (Å²) in [5, 5.41) is 6.85. The number of ether oxygens (including phenoxy) is 1. The number of carbonyl (C=O) groups is 2. The first-order valence-electron chi connectivity index (χ1n) is 12.7. The van der Waals surface area contributed by atoms with Gasteiger partial charge in [0.05, 0.1) is 31.1 Å². The molecule has 1 unspecified atom stereocenters. The van der Waals surface area contributed by atoms with Crippen molar-refractivity contribution in [2.45, 2.75) is 64.5 Å². The van der Waals surface area contributed by atoms with Crippen LogP contribution in [0.4, 0.5) is 11.4 Å². The Hall–Kier alpha value is -3.28. The second-order valence-corrected chi connectivity index (χ2v) is 10.8. The van der Waals surface area contributed by atoms with Crippen molar-refractivity contribution in [2.75, 3.05) is 23.9 Å². The van der Waals surface area contributed by atoms with Crippen molar-refractivity contribution in [2.24, 2.45) is 5.41 Å². The number of rotatable bonds is 5. The quantitative estimate of drug-likeness (QED) is 0.611. The monoisotopic (exact) mass is 473 g/mol. The van der Waals surface area contributed by atoms with Gasteiger partial charge in [-0.3, -0.25) is 9.59 Å². The smallest absolute Gasteiger partial charge is 0.239 e. The molecule has 3 aliphatic rings. The van der Waals surface area contributed by atoms with Gasteiger partial charge in [-0.1, -0.05) is 51.0 Å². The fraction of sp³-hybridized carbons (Fsp3) is 0.448. The second-order valence-electron chi connectivity index (χ2n) is 10.8. The number of para-hydroxylation sites is 2. The number of methoxy groups -OCH3 is 1. The molecule has 35 heavy (non-hydrogen) atoms. The SMILES string of the molecule is COc1cccc(C2C3=C(CC(C)(C)CC3=O)Nc3ccccc3N2CC(=O)NC2CCCC2)c1. The van der Waals surface area contributed by atoms with Crippen LogP contribution in [0.25, 0.3) is 0 Å². The Morgan fingerprint density at radius 2 is 1.89 bits per heavy atom. The standard InChI is InChI=1S/C29H35N3O3/c1-29(2)16-23-27(25(33)17-29)28(19-9-8-12-21(15-19)35-3)32(24-14-7-6-13-22(24)31-23)18-26(34)30-20-10-4-5-11-20/h6-9,12-15,20,28,31H,4-5,10-11,16-18H2,1-3H3,(H,30,34). The van der Waals surface area contributed by atoms with Crippen molar-refractivity contribution in [3.8, 4) is 5.75 Å². The van der Waals surface area contributed by atoms with E-state index in [1.165, 1.54) is 0 Å². The van der Waals surface area contributed by atoms with Crippen LogP contribution in [0.15, 0.2) is 59.8 Å². The predicted octanol–water partition coefficient (Wildman–Crippen LogP) is 5.37. The van der Waals surface area contributed by atoms with E-state index in [1.807, 2.05) is 48.5 Å². The normalized spacial score (nSPS) is 21.6. The molecular weight excluding hydrogens is 438 g/mol. The second kappa shape index (κ2) is 9.40. The zero-order valence-electron chi connectivity index (χ0n) is 20.9. The minimum atomic E-state index is -0.394. The minimum Gasteiger partial charge on any atom is -0.497 e. The summed E-state index contributed by atoms with van der Waals surface area (Å²) in [4.78, 5) is 29.2. The molecule has 1 aliphatic heterocycles. The van der Waals surface area contributed by atoms with Crippen LogP contribution >= 0.6 is 0 Å². The lowest BCUT2D eigenvalue weighted by atomic mass is 9.73. The molecule has 0 radical (unpaired) electrons. The molecule has 1 fully saturated rings. The number of nitrogens with one attached hydrogen (secondary N) is 2. The lowest BCUT2D eigenvalue weighted by Gasteiger charge is -2.38. The molecule has 1 heterocycles. The van der Waals surface area contributed by atoms with Crippen molar-refractivity contribution < 1.29 is 14.3 Å². The molecule has 2 N–H and O–H groups in total. The number of ketones is 1. The largest absolute Gasteiger partial charge is 0.497 e. The highest BCUT2D eigenvalue weighted by Gasteiger charge is 2.42. The first-order chi connectivity index (χ1) is 16.8. The van der Waals surface area contributed by atoms with Gasteiger partial charge in [-0.05, 0) is 54.5 Å². The Balaban J connectivity index is 1.64. The molecule has 0 aromatic heterocycles. The Bertz CT molecular complexity index is 1160. The highest BCUT2D eigenvalue weighted by Crippen LogP contribution is 2.48. The average molecular weight is 474 g/mol. The number of hydrogen-bond donors (Lipinski definition) is 2. The molecule has 0 spiro atoms. The Kier molecular flexibility index (Phi) is 6.30. The molecule has 1 atom stereocenters. The molecule has 2 aliphatic carbocycles. The van der Waals surface area contributed by atoms with E-state index in [9.17, 15) is 9.59 Å². The number of carbonyl (C=O) groups excluding carboxylic acids is 2. The maximum Gasteiger partial charge on any atom is 0.239 e. The van der Waals surface area contributed by atoms with E-state index < -0.39 is 6.04 Å². The summed E-state index contributed by atoms with van der Waals surface area (Å²) in [5.41, 5.74) is 4.35. The van der Waals surface area contributed by atoms with Crippen molar-refractivity contribution in [3.05, 3.63) is 65.4 Å². The van der Waals surface area contributed by atoms with Gasteiger partial charge < -0.3 is 20.3 Å². The highest BCUT2D eigenvalue weighted by atomic mass is 16.5. The maximum atomic E-state index is 13.7. The van der Waals surface area contributed by atoms with Crippen LogP contribution in [0.3, 0.4) is 0 Å². The summed E-state index contributed by atoms with van der Waals surface area (Å²) in [6, 6.07) is 15.8. The molecular formula is C29H35N3O3. The van der Waals surface area contributed by atoms with Gasteiger partial charge in [0, 0.05) is 23.7 Å². The van der Waals surface area contributed by atoms with E-state index >= 15 is 0 Å². The third kappa shape index (κ3) is 4.79. The predicted molar refractivity (Wildman–Crippen MR) is 139 cm³/mol. The minimum absolute atomic E-state index is 0.00719. The zero-order valence-corrected chi connectivity index (χ0v) is 20.9. The van der Waals surface area contributed by atoms with E-state index in [2.05, 4.69) is 29.4 Å². The van der Waals surface area contributed by atoms with Gasteiger partial charge in [-0.15, -0.1) is 0 Å². The molecule has 0 bridgehead atoms. The molecule has 6 nitrogen and oxygen atoms in total. The number of amides is 1. The van der Waals surface area contributed by atoms with Crippen molar-refractivity contribution >= 4 is 23.1 Å². The van der Waals surface area contributed by atoms with Crippen molar-refractivity contribution in [1.82, 2.24) is 5.32 Å². The van der Waals surface area contributed by atoms with Gasteiger partial charge in [0.15, 0.2) is 5.78 Å². The van der Waals surface area contributed by atoms with E-state index in [0.717, 1.165) is 66.1 Å². The third-order valence-corrected chi connectivity index (χ3v) is 7.45. The molecule has 5 rings (SSSR count). The van der Waals surface area contributed by atoms with E-state index in [1.54, 1.807) is 7.11 Å². The molecule has 184 valence electrons. The van der Waals surface area contributed by atoms with Crippen LogP contribution < -0.4 is 20.3 Å². The van der Waals surface area contributed by atoms with Crippen LogP contribution in [0, 0.1) is 5.41 Å². The number of nitrogens with zero attached hydrogens (tertiary/aromatic N) is 1. The summed E-state index contributed by atoms with van der Waals surface area (Å²) in [5.74, 6) is 0.854. The fourth-order valence-corrected chi connectivity index (χ4v) is 5.88. The fourth-order valence-electron chi connectivity index (χ4n) is 5.88. The molecule has 2 aromatic rings. The molecule has 2 aromatic carbocycles. The van der Waals surface area contributed by atoms with Gasteiger partial charge >= 0.3 is 0 Å². The summed E-state index contributed by atoms with van der Waals surface area (Å²) in [7, 11) is 1.65. The summed E-state index contributed by atoms with van der Waals surface area (Å²) in [6.45, 7) is 4.45. The van der Waals surface area contributed by atoms with Crippen LogP contribution in [0.5, 0.6) is 5.75 Å². The van der Waals surface area contributed by atoms with Gasteiger partial charge in [-0.25, -0.2) is 0 Å². The topological polar surface area (TPSA) is 70.7 Å². The number of fused-ring (bicyclic) bond motifs is 1. The first kappa shape index (κ1) is 23.5. The summed E-state index contributed by atoms with van der Waals surface area (Å²) in [6.07, 6.45) is 5.64. The Morgan fingerprint density at radius 1 is 1.11 bits per heavy atom. The lowest BCUT2D eigenvalue weighted by Crippen LogP contribution is -2.44. The maximum absolute atomic E-state index is 13.7.